The van der Waals surface area contributed by atoms with Crippen LogP contribution in [-0.4, -0.2) is 25.9 Å². The van der Waals surface area contributed by atoms with Crippen molar-refractivity contribution in [3.8, 4) is 11.5 Å². The summed E-state index contributed by atoms with van der Waals surface area (Å²) in [4.78, 5) is 39.5. The van der Waals surface area contributed by atoms with Crippen LogP contribution < -0.4 is 28.6 Å². The summed E-state index contributed by atoms with van der Waals surface area (Å²) < 4.78 is 88.5. The van der Waals surface area contributed by atoms with E-state index in [1.165, 1.54) is 24.3 Å². The Morgan fingerprint density at radius 2 is 0.903 bits per heavy atom. The SMILES string of the molecule is O=P([O-])([O-])Oc1ccccc1S(=O)(=O)O.O=P([O-])([O-])Oc1ccccc1S(=O)(=O)O.[Zr+4]. The molecule has 0 spiro atoms. The number of para-hydroxylation sites is 2. The van der Waals surface area contributed by atoms with Crippen LogP contribution >= 0.6 is 15.6 Å². The largest absolute Gasteiger partial charge is 4.00 e. The van der Waals surface area contributed by atoms with Crippen molar-refractivity contribution in [1.29, 1.82) is 0 Å². The number of benzene rings is 2. The molecule has 2 rings (SSSR count). The second kappa shape index (κ2) is 11.3. The molecule has 168 valence electrons. The minimum atomic E-state index is -5.36. The van der Waals surface area contributed by atoms with Crippen molar-refractivity contribution in [2.24, 2.45) is 0 Å². The molecule has 0 unspecified atom stereocenters. The van der Waals surface area contributed by atoms with E-state index in [0.717, 1.165) is 24.3 Å². The Bertz CT molecular complexity index is 1110. The Kier molecular flexibility index (Phi) is 10.9. The van der Waals surface area contributed by atoms with E-state index in [1.54, 1.807) is 0 Å². The maximum Gasteiger partial charge on any atom is 4.00 e. The molecule has 14 nitrogen and oxygen atoms in total. The van der Waals surface area contributed by atoms with Crippen LogP contribution in [0.25, 0.3) is 0 Å². The Labute approximate surface area is 195 Å². The van der Waals surface area contributed by atoms with Gasteiger partial charge in [-0.3, -0.25) is 9.11 Å². The van der Waals surface area contributed by atoms with E-state index >= 15 is 0 Å². The molecule has 0 aliphatic rings. The van der Waals surface area contributed by atoms with E-state index in [1.807, 2.05) is 0 Å². The predicted octanol–water partition coefficient (Wildman–Crippen LogP) is -1.72. The standard InChI is InChI=1S/2C6H7O7PS.Zr/c2*7-14(8,9)13-5-3-1-2-4-6(5)15(10,11)12;/h2*1-4H,(H2,7,8,9)(H,10,11,12);/q;;+4/p-4. The van der Waals surface area contributed by atoms with Gasteiger partial charge < -0.3 is 37.8 Å². The molecule has 0 saturated carbocycles. The quantitative estimate of drug-likeness (QED) is 0.278. The minimum absolute atomic E-state index is 0. The van der Waals surface area contributed by atoms with E-state index in [4.69, 9.17) is 9.11 Å². The van der Waals surface area contributed by atoms with E-state index in [2.05, 4.69) is 9.05 Å². The summed E-state index contributed by atoms with van der Waals surface area (Å²) in [6, 6.07) is 8.64. The van der Waals surface area contributed by atoms with Crippen LogP contribution in [0.1, 0.15) is 0 Å². The van der Waals surface area contributed by atoms with E-state index < -0.39 is 57.2 Å². The zero-order valence-corrected chi connectivity index (χ0v) is 20.5. The van der Waals surface area contributed by atoms with Gasteiger partial charge >= 0.3 is 26.2 Å². The van der Waals surface area contributed by atoms with Crippen LogP contribution in [-0.2, 0) is 55.6 Å². The van der Waals surface area contributed by atoms with Crippen LogP contribution in [0.15, 0.2) is 58.3 Å². The van der Waals surface area contributed by atoms with Gasteiger partial charge in [0.15, 0.2) is 0 Å². The molecule has 0 aromatic heterocycles. The normalized spacial score (nSPS) is 12.1. The first-order chi connectivity index (χ1) is 13.4. The van der Waals surface area contributed by atoms with Crippen molar-refractivity contribution in [3.05, 3.63) is 48.5 Å². The molecule has 0 fully saturated rings. The fraction of sp³-hybridized carbons (Fsp3) is 0. The number of phosphoric ester groups is 2. The van der Waals surface area contributed by atoms with E-state index in [-0.39, 0.29) is 26.2 Å². The van der Waals surface area contributed by atoms with Crippen molar-refractivity contribution in [1.82, 2.24) is 0 Å². The predicted molar refractivity (Wildman–Crippen MR) is 89.0 cm³/mol. The van der Waals surface area contributed by atoms with E-state index in [0.29, 0.717) is 0 Å². The van der Waals surface area contributed by atoms with Crippen LogP contribution in [0.2, 0.25) is 0 Å². The monoisotopic (exact) mass is 594 g/mol. The fourth-order valence-electron chi connectivity index (χ4n) is 1.72. The van der Waals surface area contributed by atoms with E-state index in [9.17, 15) is 45.5 Å². The molecule has 2 aromatic rings. The van der Waals surface area contributed by atoms with Crippen molar-refractivity contribution >= 4 is 35.9 Å². The number of hydrogen-bond acceptors (Lipinski definition) is 12. The van der Waals surface area contributed by atoms with Crippen LogP contribution in [0.3, 0.4) is 0 Å². The molecule has 2 N–H and O–H groups in total. The molecule has 0 amide bonds. The van der Waals surface area contributed by atoms with Gasteiger partial charge in [-0.15, -0.1) is 0 Å². The first-order valence-electron chi connectivity index (χ1n) is 6.96. The number of rotatable bonds is 6. The van der Waals surface area contributed by atoms with Gasteiger partial charge in [0, 0.05) is 0 Å². The Morgan fingerprint density at radius 3 is 1.13 bits per heavy atom. The third kappa shape index (κ3) is 11.5. The van der Waals surface area contributed by atoms with Gasteiger partial charge in [-0.05, 0) is 24.3 Å². The molecule has 0 atom stereocenters. The summed E-state index contributed by atoms with van der Waals surface area (Å²) in [5, 5.41) is 0. The average molecular weight is 596 g/mol. The molecule has 31 heavy (non-hydrogen) atoms. The molecule has 0 aliphatic heterocycles. The number of hydrogen-bond donors (Lipinski definition) is 2. The second-order valence-corrected chi connectivity index (χ2v) is 9.85. The maximum atomic E-state index is 10.7. The molecule has 19 heteroatoms. The van der Waals surface area contributed by atoms with Crippen molar-refractivity contribution in [3.63, 3.8) is 0 Å². The van der Waals surface area contributed by atoms with Gasteiger partial charge in [-0.1, -0.05) is 24.3 Å². The van der Waals surface area contributed by atoms with Crippen LogP contribution in [0, 0.1) is 0 Å². The van der Waals surface area contributed by atoms with Gasteiger partial charge in [0.1, 0.15) is 36.9 Å². The molecule has 2 aromatic carbocycles. The van der Waals surface area contributed by atoms with Gasteiger partial charge in [0.05, 0.1) is 0 Å². The Morgan fingerprint density at radius 1 is 0.645 bits per heavy atom. The summed E-state index contributed by atoms with van der Waals surface area (Å²) in [6.45, 7) is 0. The summed E-state index contributed by atoms with van der Waals surface area (Å²) >= 11 is 0. The summed E-state index contributed by atoms with van der Waals surface area (Å²) in [7, 11) is -20.0. The first kappa shape index (κ1) is 30.0. The third-order valence-electron chi connectivity index (χ3n) is 2.67. The Balaban J connectivity index is 0.000000562. The fourth-order valence-corrected chi connectivity index (χ4v) is 3.87. The topological polar surface area (TPSA) is 254 Å². The summed E-state index contributed by atoms with van der Waals surface area (Å²) in [5.74, 6) is -1.46. The summed E-state index contributed by atoms with van der Waals surface area (Å²) in [6.07, 6.45) is 0. The summed E-state index contributed by atoms with van der Waals surface area (Å²) in [5.41, 5.74) is 0. The molecule has 0 aliphatic carbocycles. The Hall–Kier alpha value is -0.957. The molecule has 0 saturated heterocycles. The molecular formula is C12H10O14P2S2Zr. The van der Waals surface area contributed by atoms with Crippen molar-refractivity contribution in [2.45, 2.75) is 9.79 Å². The smallest absolute Gasteiger partial charge is 0.780 e. The van der Waals surface area contributed by atoms with Crippen LogP contribution in [0.5, 0.6) is 11.5 Å². The maximum absolute atomic E-state index is 10.7. The molecule has 0 radical (unpaired) electrons. The van der Waals surface area contributed by atoms with Gasteiger partial charge in [0.25, 0.3) is 20.2 Å². The minimum Gasteiger partial charge on any atom is -0.780 e. The molecular weight excluding hydrogens is 585 g/mol. The third-order valence-corrected chi connectivity index (χ3v) is 5.30. The first-order valence-corrected chi connectivity index (χ1v) is 12.8. The van der Waals surface area contributed by atoms with Gasteiger partial charge in [-0.25, -0.2) is 0 Å². The van der Waals surface area contributed by atoms with Crippen molar-refractivity contribution in [2.75, 3.05) is 0 Å². The van der Waals surface area contributed by atoms with Gasteiger partial charge in [-0.2, -0.15) is 16.8 Å². The van der Waals surface area contributed by atoms with Crippen molar-refractivity contribution < 1.29 is 89.9 Å². The zero-order valence-electron chi connectivity index (χ0n) is 14.6. The zero-order chi connectivity index (χ0) is 23.4. The molecule has 0 heterocycles. The van der Waals surface area contributed by atoms with Crippen LogP contribution in [0.4, 0.5) is 0 Å². The van der Waals surface area contributed by atoms with Gasteiger partial charge in [0.2, 0.25) is 0 Å². The second-order valence-electron chi connectivity index (χ2n) is 4.92. The number of phosphoric acid groups is 2. The molecule has 0 bridgehead atoms. The average Bonchev–Trinajstić information content (AvgIpc) is 2.51.